The molecule has 0 aliphatic carbocycles. The van der Waals surface area contributed by atoms with Crippen molar-refractivity contribution < 1.29 is 19.0 Å². The molecule has 20 heavy (non-hydrogen) atoms. The Kier molecular flexibility index (Phi) is 5.06. The number of carbonyl (C=O) groups is 1. The standard InChI is InChI=1S/C14H20N2O4/c1-2-6-16-11(14(15)17)5-7-18-10-3-4-12-13(8-10)20-9-19-12/h3-4,8,11,16H,2,5-7,9H2,1H3,(H2,15,17). The van der Waals surface area contributed by atoms with Crippen molar-refractivity contribution in [2.24, 2.45) is 5.73 Å². The fourth-order valence-electron chi connectivity index (χ4n) is 1.92. The van der Waals surface area contributed by atoms with Gasteiger partial charge in [-0.15, -0.1) is 0 Å². The van der Waals surface area contributed by atoms with Crippen LogP contribution in [0.15, 0.2) is 18.2 Å². The molecule has 0 saturated carbocycles. The lowest BCUT2D eigenvalue weighted by Gasteiger charge is -2.15. The number of hydrogen-bond donors (Lipinski definition) is 2. The van der Waals surface area contributed by atoms with Crippen LogP contribution in [0.3, 0.4) is 0 Å². The number of primary amides is 1. The highest BCUT2D eigenvalue weighted by molar-refractivity contribution is 5.79. The van der Waals surface area contributed by atoms with E-state index in [9.17, 15) is 4.79 Å². The Morgan fingerprint density at radius 1 is 1.45 bits per heavy atom. The molecule has 0 saturated heterocycles. The third-order valence-corrected chi connectivity index (χ3v) is 3.00. The molecule has 2 rings (SSSR count). The molecule has 1 heterocycles. The van der Waals surface area contributed by atoms with E-state index in [1.165, 1.54) is 0 Å². The summed E-state index contributed by atoms with van der Waals surface area (Å²) in [6.07, 6.45) is 1.48. The van der Waals surface area contributed by atoms with E-state index < -0.39 is 0 Å². The molecular formula is C14H20N2O4. The van der Waals surface area contributed by atoms with E-state index in [0.29, 0.717) is 24.5 Å². The van der Waals surface area contributed by atoms with Crippen LogP contribution in [0.1, 0.15) is 19.8 Å². The number of fused-ring (bicyclic) bond motifs is 1. The molecule has 6 heteroatoms. The van der Waals surface area contributed by atoms with Crippen molar-refractivity contribution in [1.29, 1.82) is 0 Å². The summed E-state index contributed by atoms with van der Waals surface area (Å²) in [5.41, 5.74) is 5.34. The lowest BCUT2D eigenvalue weighted by molar-refractivity contribution is -0.120. The number of nitrogens with one attached hydrogen (secondary N) is 1. The highest BCUT2D eigenvalue weighted by atomic mass is 16.7. The fourth-order valence-corrected chi connectivity index (χ4v) is 1.92. The minimum atomic E-state index is -0.357. The SMILES string of the molecule is CCCNC(CCOc1ccc2c(c1)OCO2)C(N)=O. The van der Waals surface area contributed by atoms with Crippen molar-refractivity contribution >= 4 is 5.91 Å². The molecule has 1 unspecified atom stereocenters. The zero-order valence-corrected chi connectivity index (χ0v) is 11.6. The van der Waals surface area contributed by atoms with Gasteiger partial charge in [0.25, 0.3) is 0 Å². The Labute approximate surface area is 118 Å². The van der Waals surface area contributed by atoms with Gasteiger partial charge in [-0.25, -0.2) is 0 Å². The van der Waals surface area contributed by atoms with Crippen LogP contribution in [0.4, 0.5) is 0 Å². The van der Waals surface area contributed by atoms with Crippen molar-refractivity contribution in [1.82, 2.24) is 5.32 Å². The fraction of sp³-hybridized carbons (Fsp3) is 0.500. The van der Waals surface area contributed by atoms with Gasteiger partial charge < -0.3 is 25.3 Å². The third kappa shape index (κ3) is 3.77. The first-order valence-electron chi connectivity index (χ1n) is 6.76. The molecule has 1 amide bonds. The van der Waals surface area contributed by atoms with E-state index in [0.717, 1.165) is 18.7 Å². The second-order valence-corrected chi connectivity index (χ2v) is 4.56. The summed E-state index contributed by atoms with van der Waals surface area (Å²) in [5, 5.41) is 3.10. The predicted octanol–water partition coefficient (Wildman–Crippen LogP) is 1.04. The molecule has 0 fully saturated rings. The zero-order chi connectivity index (χ0) is 14.4. The van der Waals surface area contributed by atoms with Gasteiger partial charge in [0.15, 0.2) is 11.5 Å². The molecule has 0 spiro atoms. The smallest absolute Gasteiger partial charge is 0.234 e. The third-order valence-electron chi connectivity index (χ3n) is 3.00. The zero-order valence-electron chi connectivity index (χ0n) is 11.6. The topological polar surface area (TPSA) is 82.8 Å². The summed E-state index contributed by atoms with van der Waals surface area (Å²) < 4.78 is 16.1. The van der Waals surface area contributed by atoms with E-state index in [2.05, 4.69) is 5.32 Å². The highest BCUT2D eigenvalue weighted by Crippen LogP contribution is 2.35. The van der Waals surface area contributed by atoms with Gasteiger partial charge in [0.05, 0.1) is 12.6 Å². The van der Waals surface area contributed by atoms with Crippen LogP contribution >= 0.6 is 0 Å². The number of benzene rings is 1. The number of rotatable bonds is 8. The number of ether oxygens (including phenoxy) is 3. The predicted molar refractivity (Wildman–Crippen MR) is 74.0 cm³/mol. The van der Waals surface area contributed by atoms with Crippen LogP contribution in [0.5, 0.6) is 17.2 Å². The molecule has 0 radical (unpaired) electrons. The van der Waals surface area contributed by atoms with Gasteiger partial charge in [-0.1, -0.05) is 6.92 Å². The van der Waals surface area contributed by atoms with E-state index >= 15 is 0 Å². The summed E-state index contributed by atoms with van der Waals surface area (Å²) in [6, 6.07) is 5.04. The first kappa shape index (κ1) is 14.5. The highest BCUT2D eigenvalue weighted by Gasteiger charge is 2.16. The van der Waals surface area contributed by atoms with Crippen molar-refractivity contribution in [3.8, 4) is 17.2 Å². The van der Waals surface area contributed by atoms with E-state index in [4.69, 9.17) is 19.9 Å². The van der Waals surface area contributed by atoms with Crippen molar-refractivity contribution in [2.45, 2.75) is 25.8 Å². The van der Waals surface area contributed by atoms with Gasteiger partial charge in [-0.3, -0.25) is 4.79 Å². The van der Waals surface area contributed by atoms with Crippen LogP contribution in [0.2, 0.25) is 0 Å². The van der Waals surface area contributed by atoms with Crippen LogP contribution in [0.25, 0.3) is 0 Å². The van der Waals surface area contributed by atoms with E-state index in [1.54, 1.807) is 12.1 Å². The van der Waals surface area contributed by atoms with Crippen LogP contribution in [-0.2, 0) is 4.79 Å². The lowest BCUT2D eigenvalue weighted by atomic mass is 10.2. The van der Waals surface area contributed by atoms with Gasteiger partial charge in [0.2, 0.25) is 12.7 Å². The van der Waals surface area contributed by atoms with Gasteiger partial charge in [0.1, 0.15) is 5.75 Å². The normalized spacial score (nSPS) is 14.1. The second kappa shape index (κ2) is 7.00. The molecule has 1 aliphatic heterocycles. The summed E-state index contributed by atoms with van der Waals surface area (Å²) >= 11 is 0. The Morgan fingerprint density at radius 2 is 2.25 bits per heavy atom. The van der Waals surface area contributed by atoms with Crippen LogP contribution in [0, 0.1) is 0 Å². The largest absolute Gasteiger partial charge is 0.493 e. The Bertz CT molecular complexity index is 464. The summed E-state index contributed by atoms with van der Waals surface area (Å²) in [6.45, 7) is 3.44. The van der Waals surface area contributed by atoms with E-state index in [1.807, 2.05) is 13.0 Å². The molecular weight excluding hydrogens is 260 g/mol. The van der Waals surface area contributed by atoms with Crippen molar-refractivity contribution in [3.05, 3.63) is 18.2 Å². The summed E-state index contributed by atoms with van der Waals surface area (Å²) in [4.78, 5) is 11.3. The Balaban J connectivity index is 1.81. The number of carbonyl (C=O) groups excluding carboxylic acids is 1. The van der Waals surface area contributed by atoms with Gasteiger partial charge in [-0.2, -0.15) is 0 Å². The average molecular weight is 280 g/mol. The van der Waals surface area contributed by atoms with Gasteiger partial charge in [-0.05, 0) is 25.1 Å². The molecule has 1 aromatic rings. The molecule has 1 aliphatic rings. The Morgan fingerprint density at radius 3 is 3.00 bits per heavy atom. The summed E-state index contributed by atoms with van der Waals surface area (Å²) in [5.74, 6) is 1.73. The molecule has 0 bridgehead atoms. The molecule has 110 valence electrons. The second-order valence-electron chi connectivity index (χ2n) is 4.56. The maximum absolute atomic E-state index is 11.3. The summed E-state index contributed by atoms with van der Waals surface area (Å²) in [7, 11) is 0. The van der Waals surface area contributed by atoms with Crippen LogP contribution < -0.4 is 25.3 Å². The van der Waals surface area contributed by atoms with Gasteiger partial charge >= 0.3 is 0 Å². The molecule has 0 aromatic heterocycles. The van der Waals surface area contributed by atoms with Gasteiger partial charge in [0, 0.05) is 12.5 Å². The number of amides is 1. The molecule has 6 nitrogen and oxygen atoms in total. The maximum atomic E-state index is 11.3. The minimum Gasteiger partial charge on any atom is -0.493 e. The monoisotopic (exact) mass is 280 g/mol. The first-order valence-corrected chi connectivity index (χ1v) is 6.76. The maximum Gasteiger partial charge on any atom is 0.234 e. The number of hydrogen-bond acceptors (Lipinski definition) is 5. The lowest BCUT2D eigenvalue weighted by Crippen LogP contribution is -2.42. The quantitative estimate of drug-likeness (QED) is 0.743. The molecule has 3 N–H and O–H groups in total. The molecule has 1 aromatic carbocycles. The van der Waals surface area contributed by atoms with Crippen molar-refractivity contribution in [2.75, 3.05) is 19.9 Å². The van der Waals surface area contributed by atoms with Crippen molar-refractivity contribution in [3.63, 3.8) is 0 Å². The molecule has 1 atom stereocenters. The average Bonchev–Trinajstić information content (AvgIpc) is 2.89. The Hall–Kier alpha value is -1.95. The number of nitrogens with two attached hydrogens (primary N) is 1. The first-order chi connectivity index (χ1) is 9.70. The minimum absolute atomic E-state index is 0.240. The van der Waals surface area contributed by atoms with Crippen LogP contribution in [-0.4, -0.2) is 31.9 Å². The van der Waals surface area contributed by atoms with E-state index in [-0.39, 0.29) is 18.7 Å².